The highest BCUT2D eigenvalue weighted by molar-refractivity contribution is 6.30. The van der Waals surface area contributed by atoms with Crippen molar-refractivity contribution in [2.45, 2.75) is 39.3 Å². The molecule has 1 aliphatic carbocycles. The van der Waals surface area contributed by atoms with E-state index in [9.17, 15) is 9.59 Å². The average Bonchev–Trinajstić information content (AvgIpc) is 3.50. The Labute approximate surface area is 184 Å². The molecule has 0 radical (unpaired) electrons. The zero-order chi connectivity index (χ0) is 22.0. The minimum atomic E-state index is -0.453. The predicted octanol–water partition coefficient (Wildman–Crippen LogP) is 4.07. The van der Waals surface area contributed by atoms with Crippen molar-refractivity contribution in [1.82, 2.24) is 20.1 Å². The van der Waals surface area contributed by atoms with E-state index in [1.165, 1.54) is 0 Å². The highest BCUT2D eigenvalue weighted by Gasteiger charge is 2.35. The molecule has 31 heavy (non-hydrogen) atoms. The Bertz CT molecular complexity index is 1110. The Morgan fingerprint density at radius 2 is 1.90 bits per heavy atom. The van der Waals surface area contributed by atoms with Crippen molar-refractivity contribution in [2.24, 2.45) is 0 Å². The Kier molecular flexibility index (Phi) is 5.99. The van der Waals surface area contributed by atoms with Crippen LogP contribution in [0.25, 0.3) is 11.5 Å². The lowest BCUT2D eigenvalue weighted by Crippen LogP contribution is -2.33. The summed E-state index contributed by atoms with van der Waals surface area (Å²) >= 11 is 5.92. The Morgan fingerprint density at radius 1 is 1.16 bits per heavy atom. The normalized spacial score (nSPS) is 13.1. The van der Waals surface area contributed by atoms with Crippen molar-refractivity contribution in [3.05, 3.63) is 64.3 Å². The zero-order valence-electron chi connectivity index (χ0n) is 17.2. The summed E-state index contributed by atoms with van der Waals surface area (Å²) in [6.45, 7) is 3.88. The van der Waals surface area contributed by atoms with Gasteiger partial charge in [-0.05, 0) is 63.1 Å². The number of carbonyl (C=O) groups is 2. The molecule has 0 bridgehead atoms. The van der Waals surface area contributed by atoms with E-state index in [0.717, 1.165) is 18.4 Å². The second kappa shape index (κ2) is 8.85. The monoisotopic (exact) mass is 440 g/mol. The molecule has 1 fully saturated rings. The summed E-state index contributed by atoms with van der Waals surface area (Å²) in [6, 6.07) is 10.3. The molecule has 2 aromatic heterocycles. The lowest BCUT2D eigenvalue weighted by atomic mass is 10.1. The number of hydrogen-bond donors (Lipinski definition) is 0. The average molecular weight is 441 g/mol. The second-order valence-electron chi connectivity index (χ2n) is 7.22. The van der Waals surface area contributed by atoms with Crippen LogP contribution in [0.2, 0.25) is 5.02 Å². The lowest BCUT2D eigenvalue weighted by molar-refractivity contribution is 0.0523. The summed E-state index contributed by atoms with van der Waals surface area (Å²) in [5, 5.41) is 8.79. The van der Waals surface area contributed by atoms with Gasteiger partial charge in [0.25, 0.3) is 5.91 Å². The number of carbonyl (C=O) groups excluding carboxylic acids is 2. The Balaban J connectivity index is 1.52. The fourth-order valence-corrected chi connectivity index (χ4v) is 3.30. The number of pyridine rings is 1. The summed E-state index contributed by atoms with van der Waals surface area (Å²) < 4.78 is 10.8. The summed E-state index contributed by atoms with van der Waals surface area (Å²) in [6.07, 6.45) is 1.81. The van der Waals surface area contributed by atoms with Crippen LogP contribution in [-0.4, -0.2) is 44.6 Å². The van der Waals surface area contributed by atoms with Gasteiger partial charge in [0.1, 0.15) is 5.69 Å². The van der Waals surface area contributed by atoms with Crippen LogP contribution in [0.15, 0.2) is 40.8 Å². The maximum absolute atomic E-state index is 13.1. The van der Waals surface area contributed by atoms with Crippen LogP contribution < -0.4 is 0 Å². The van der Waals surface area contributed by atoms with Gasteiger partial charge >= 0.3 is 5.97 Å². The van der Waals surface area contributed by atoms with E-state index in [2.05, 4.69) is 15.2 Å². The van der Waals surface area contributed by atoms with Gasteiger partial charge in [-0.25, -0.2) is 9.78 Å². The van der Waals surface area contributed by atoms with Gasteiger partial charge in [0.2, 0.25) is 11.8 Å². The summed E-state index contributed by atoms with van der Waals surface area (Å²) in [4.78, 5) is 31.2. The van der Waals surface area contributed by atoms with Crippen molar-refractivity contribution in [3.8, 4) is 11.5 Å². The standard InChI is InChI=1S/C22H21ClN4O4/c1-3-30-22(29)17-10-11-18(24-13(17)2)21(28)27(16-8-9-16)12-19-25-26-20(31-19)14-4-6-15(23)7-5-14/h4-7,10-11,16H,3,8-9,12H2,1-2H3. The number of esters is 1. The maximum atomic E-state index is 13.1. The number of nitrogens with zero attached hydrogens (tertiary/aromatic N) is 4. The molecule has 1 amide bonds. The first kappa shape index (κ1) is 21.0. The van der Waals surface area contributed by atoms with Crippen LogP contribution in [0.5, 0.6) is 0 Å². The maximum Gasteiger partial charge on any atom is 0.339 e. The van der Waals surface area contributed by atoms with Crippen molar-refractivity contribution in [2.75, 3.05) is 6.61 Å². The smallest absolute Gasteiger partial charge is 0.339 e. The van der Waals surface area contributed by atoms with Gasteiger partial charge in [-0.3, -0.25) is 4.79 Å². The molecule has 0 unspecified atom stereocenters. The van der Waals surface area contributed by atoms with Gasteiger partial charge in [-0.1, -0.05) is 11.6 Å². The van der Waals surface area contributed by atoms with E-state index in [4.69, 9.17) is 20.8 Å². The summed E-state index contributed by atoms with van der Waals surface area (Å²) in [7, 11) is 0. The fraction of sp³-hybridized carbons (Fsp3) is 0.318. The molecule has 0 saturated heterocycles. The summed E-state index contributed by atoms with van der Waals surface area (Å²) in [5.74, 6) is 0.00563. The SMILES string of the molecule is CCOC(=O)c1ccc(C(=O)N(Cc2nnc(-c3ccc(Cl)cc3)o2)C2CC2)nc1C. The first-order valence-electron chi connectivity index (χ1n) is 10.00. The molecule has 8 nitrogen and oxygen atoms in total. The number of rotatable bonds is 7. The molecule has 3 aromatic rings. The number of halogens is 1. The number of aromatic nitrogens is 3. The van der Waals surface area contributed by atoms with Crippen LogP contribution >= 0.6 is 11.6 Å². The molecular formula is C22H21ClN4O4. The largest absolute Gasteiger partial charge is 0.462 e. The molecular weight excluding hydrogens is 420 g/mol. The van der Waals surface area contributed by atoms with Crippen molar-refractivity contribution < 1.29 is 18.7 Å². The summed E-state index contributed by atoms with van der Waals surface area (Å²) in [5.41, 5.74) is 1.80. The molecule has 2 heterocycles. The Hall–Kier alpha value is -3.26. The third-order valence-electron chi connectivity index (χ3n) is 4.91. The molecule has 0 N–H and O–H groups in total. The minimum absolute atomic E-state index is 0.102. The first-order chi connectivity index (χ1) is 15.0. The fourth-order valence-electron chi connectivity index (χ4n) is 3.18. The predicted molar refractivity (Wildman–Crippen MR) is 113 cm³/mol. The number of aryl methyl sites for hydroxylation is 1. The molecule has 1 aromatic carbocycles. The van der Waals surface area contributed by atoms with Gasteiger partial charge in [0.05, 0.1) is 24.4 Å². The van der Waals surface area contributed by atoms with Crippen molar-refractivity contribution in [3.63, 3.8) is 0 Å². The van der Waals surface area contributed by atoms with Gasteiger partial charge in [0.15, 0.2) is 0 Å². The molecule has 9 heteroatoms. The topological polar surface area (TPSA) is 98.4 Å². The van der Waals surface area contributed by atoms with Gasteiger partial charge in [-0.15, -0.1) is 10.2 Å². The Morgan fingerprint density at radius 3 is 2.55 bits per heavy atom. The van der Waals surface area contributed by atoms with E-state index < -0.39 is 5.97 Å². The number of benzene rings is 1. The first-order valence-corrected chi connectivity index (χ1v) is 10.4. The van der Waals surface area contributed by atoms with E-state index in [-0.39, 0.29) is 30.8 Å². The van der Waals surface area contributed by atoms with Crippen LogP contribution in [0.4, 0.5) is 0 Å². The molecule has 0 aliphatic heterocycles. The zero-order valence-corrected chi connectivity index (χ0v) is 17.9. The molecule has 4 rings (SSSR count). The molecule has 0 spiro atoms. The van der Waals surface area contributed by atoms with Gasteiger partial charge < -0.3 is 14.1 Å². The van der Waals surface area contributed by atoms with E-state index in [1.807, 2.05) is 0 Å². The van der Waals surface area contributed by atoms with Crippen molar-refractivity contribution in [1.29, 1.82) is 0 Å². The second-order valence-corrected chi connectivity index (χ2v) is 7.66. The number of hydrogen-bond acceptors (Lipinski definition) is 7. The van der Waals surface area contributed by atoms with Crippen molar-refractivity contribution >= 4 is 23.5 Å². The van der Waals surface area contributed by atoms with Crippen LogP contribution in [-0.2, 0) is 11.3 Å². The van der Waals surface area contributed by atoms with E-state index in [0.29, 0.717) is 28.1 Å². The minimum Gasteiger partial charge on any atom is -0.462 e. The quantitative estimate of drug-likeness (QED) is 0.510. The van der Waals surface area contributed by atoms with Crippen LogP contribution in [0.1, 0.15) is 52.2 Å². The molecule has 1 saturated carbocycles. The van der Waals surface area contributed by atoms with E-state index in [1.54, 1.807) is 55.1 Å². The third-order valence-corrected chi connectivity index (χ3v) is 5.16. The molecule has 1 aliphatic rings. The van der Waals surface area contributed by atoms with Gasteiger partial charge in [0, 0.05) is 16.6 Å². The van der Waals surface area contributed by atoms with E-state index >= 15 is 0 Å². The van der Waals surface area contributed by atoms with Crippen LogP contribution in [0, 0.1) is 6.92 Å². The molecule has 160 valence electrons. The highest BCUT2D eigenvalue weighted by Crippen LogP contribution is 2.30. The van der Waals surface area contributed by atoms with Gasteiger partial charge in [-0.2, -0.15) is 0 Å². The van der Waals surface area contributed by atoms with Crippen LogP contribution in [0.3, 0.4) is 0 Å². The molecule has 0 atom stereocenters. The number of ether oxygens (including phenoxy) is 1. The third kappa shape index (κ3) is 4.74. The number of amides is 1. The highest BCUT2D eigenvalue weighted by atomic mass is 35.5. The lowest BCUT2D eigenvalue weighted by Gasteiger charge is -2.20.